The summed E-state index contributed by atoms with van der Waals surface area (Å²) in [6, 6.07) is -1.57. The molecule has 17 heavy (non-hydrogen) atoms. The summed E-state index contributed by atoms with van der Waals surface area (Å²) in [4.78, 5) is 34.1. The molecule has 0 heterocycles. The average molecular weight is 243 g/mol. The van der Waals surface area contributed by atoms with Crippen LogP contribution in [0.4, 0.5) is 0 Å². The maximum absolute atomic E-state index is 11.6. The van der Waals surface area contributed by atoms with E-state index >= 15 is 0 Å². The molecule has 0 aromatic heterocycles. The van der Waals surface area contributed by atoms with Gasteiger partial charge in [-0.15, -0.1) is 0 Å². The quantitative estimate of drug-likeness (QED) is 0.569. The summed E-state index contributed by atoms with van der Waals surface area (Å²) in [6.07, 6.45) is 0. The van der Waals surface area contributed by atoms with Crippen molar-refractivity contribution in [1.29, 1.82) is 0 Å². The first-order valence-corrected chi connectivity index (χ1v) is 5.58. The number of hydrogen-bond acceptors (Lipinski definition) is 4. The van der Waals surface area contributed by atoms with Gasteiger partial charge in [0.2, 0.25) is 11.8 Å². The van der Waals surface area contributed by atoms with Crippen molar-refractivity contribution in [1.82, 2.24) is 16.0 Å². The van der Waals surface area contributed by atoms with Crippen LogP contribution in [0.2, 0.25) is 0 Å². The predicted molar refractivity (Wildman–Crippen MR) is 64.4 cm³/mol. The van der Waals surface area contributed by atoms with Crippen LogP contribution in [0, 0.1) is 0 Å². The maximum Gasteiger partial charge on any atom is 0.242 e. The molecule has 0 rings (SSSR count). The fraction of sp³-hybridized carbons (Fsp3) is 0.727. The number of nitrogens with one attached hydrogen (secondary N) is 3. The lowest BCUT2D eigenvalue weighted by molar-refractivity contribution is -0.131. The van der Waals surface area contributed by atoms with Crippen molar-refractivity contribution in [3.8, 4) is 0 Å². The van der Waals surface area contributed by atoms with Crippen molar-refractivity contribution in [2.45, 2.75) is 45.8 Å². The van der Waals surface area contributed by atoms with Crippen LogP contribution in [0.15, 0.2) is 0 Å². The van der Waals surface area contributed by atoms with E-state index < -0.39 is 12.1 Å². The van der Waals surface area contributed by atoms with Crippen molar-refractivity contribution in [3.63, 3.8) is 0 Å². The molecule has 0 spiro atoms. The second-order valence-corrected chi connectivity index (χ2v) is 4.08. The second-order valence-electron chi connectivity index (χ2n) is 4.08. The van der Waals surface area contributed by atoms with Gasteiger partial charge in [-0.3, -0.25) is 14.4 Å². The van der Waals surface area contributed by atoms with Crippen molar-refractivity contribution in [2.24, 2.45) is 0 Å². The average Bonchev–Trinajstić information content (AvgIpc) is 2.27. The monoisotopic (exact) mass is 243 g/mol. The first kappa shape index (κ1) is 15.6. The number of carbonyl (C=O) groups excluding carboxylic acids is 3. The normalized spacial score (nSPS) is 15.6. The van der Waals surface area contributed by atoms with E-state index in [0.29, 0.717) is 0 Å². The topological polar surface area (TPSA) is 87.3 Å². The number of likely N-dealkylation sites (N-methyl/N-ethyl adjacent to an activating group) is 1. The summed E-state index contributed by atoms with van der Waals surface area (Å²) in [7, 11) is 1.66. The van der Waals surface area contributed by atoms with Gasteiger partial charge in [0.1, 0.15) is 6.04 Å². The van der Waals surface area contributed by atoms with Crippen LogP contribution in [0.3, 0.4) is 0 Å². The van der Waals surface area contributed by atoms with E-state index in [4.69, 9.17) is 0 Å². The van der Waals surface area contributed by atoms with Crippen molar-refractivity contribution in [2.75, 3.05) is 7.05 Å². The van der Waals surface area contributed by atoms with Crippen LogP contribution >= 0.6 is 0 Å². The zero-order chi connectivity index (χ0) is 13.6. The third kappa shape index (κ3) is 5.44. The van der Waals surface area contributed by atoms with Crippen LogP contribution < -0.4 is 16.0 Å². The summed E-state index contributed by atoms with van der Waals surface area (Å²) in [5, 5.41) is 7.84. The van der Waals surface area contributed by atoms with Gasteiger partial charge in [0.25, 0.3) is 0 Å². The molecule has 0 aliphatic heterocycles. The Hall–Kier alpha value is -1.43. The smallest absolute Gasteiger partial charge is 0.242 e. The van der Waals surface area contributed by atoms with Crippen LogP contribution in [-0.2, 0) is 14.4 Å². The molecule has 3 atom stereocenters. The standard InChI is InChI=1S/C11H21N3O3/c1-6(9(4)15)13-11(17)8(3)14-10(16)7(2)12-5/h6-8,12H,1-5H3,(H,13,17)(H,14,16)/t6-,7-,8+/m0/s1. The summed E-state index contributed by atoms with van der Waals surface area (Å²) in [6.45, 7) is 6.27. The van der Waals surface area contributed by atoms with Gasteiger partial charge < -0.3 is 16.0 Å². The second kappa shape index (κ2) is 7.01. The molecule has 0 unspecified atom stereocenters. The van der Waals surface area contributed by atoms with E-state index in [0.717, 1.165) is 0 Å². The Kier molecular flexibility index (Phi) is 6.42. The minimum Gasteiger partial charge on any atom is -0.345 e. The Morgan fingerprint density at radius 2 is 1.24 bits per heavy atom. The molecule has 0 saturated heterocycles. The Labute approximate surface area is 102 Å². The SMILES string of the molecule is CN[C@@H](C)C(=O)N[C@H](C)C(=O)N[C@@H](C)C(C)=O. The van der Waals surface area contributed by atoms with Crippen LogP contribution in [0.1, 0.15) is 27.7 Å². The molecule has 0 aromatic carbocycles. The van der Waals surface area contributed by atoms with E-state index in [1.54, 1.807) is 27.8 Å². The van der Waals surface area contributed by atoms with E-state index in [1.165, 1.54) is 6.92 Å². The predicted octanol–water partition coefficient (Wildman–Crippen LogP) is -0.807. The van der Waals surface area contributed by atoms with E-state index in [-0.39, 0.29) is 23.6 Å². The molecule has 0 aromatic rings. The minimum atomic E-state index is -0.667. The molecule has 6 heteroatoms. The lowest BCUT2D eigenvalue weighted by Gasteiger charge is -2.18. The van der Waals surface area contributed by atoms with Crippen molar-refractivity contribution >= 4 is 17.6 Å². The van der Waals surface area contributed by atoms with E-state index in [9.17, 15) is 14.4 Å². The molecular weight excluding hydrogens is 222 g/mol. The lowest BCUT2D eigenvalue weighted by Crippen LogP contribution is -2.52. The fourth-order valence-electron chi connectivity index (χ4n) is 0.975. The number of amides is 2. The number of Topliss-reactive ketones (excluding diaryl/α,β-unsaturated/α-hetero) is 1. The van der Waals surface area contributed by atoms with Crippen LogP contribution in [0.25, 0.3) is 0 Å². The molecule has 0 radical (unpaired) electrons. The Morgan fingerprint density at radius 3 is 1.65 bits per heavy atom. The van der Waals surface area contributed by atoms with Gasteiger partial charge in [0.15, 0.2) is 5.78 Å². The molecular formula is C11H21N3O3. The molecule has 6 nitrogen and oxygen atoms in total. The van der Waals surface area contributed by atoms with Gasteiger partial charge in [-0.2, -0.15) is 0 Å². The summed E-state index contributed by atoms with van der Waals surface area (Å²) < 4.78 is 0. The van der Waals surface area contributed by atoms with Crippen molar-refractivity contribution in [3.05, 3.63) is 0 Å². The molecule has 0 bridgehead atoms. The van der Waals surface area contributed by atoms with Gasteiger partial charge in [-0.25, -0.2) is 0 Å². The van der Waals surface area contributed by atoms with E-state index in [2.05, 4.69) is 16.0 Å². The third-order valence-corrected chi connectivity index (χ3v) is 2.55. The zero-order valence-electron chi connectivity index (χ0n) is 11.0. The minimum absolute atomic E-state index is 0.125. The molecule has 0 saturated carbocycles. The first-order valence-electron chi connectivity index (χ1n) is 5.58. The maximum atomic E-state index is 11.6. The van der Waals surface area contributed by atoms with Crippen LogP contribution in [0.5, 0.6) is 0 Å². The van der Waals surface area contributed by atoms with Gasteiger partial charge in [0.05, 0.1) is 12.1 Å². The van der Waals surface area contributed by atoms with Gasteiger partial charge in [0, 0.05) is 0 Å². The zero-order valence-corrected chi connectivity index (χ0v) is 11.0. The Balaban J connectivity index is 4.23. The Morgan fingerprint density at radius 1 is 0.824 bits per heavy atom. The third-order valence-electron chi connectivity index (χ3n) is 2.55. The molecule has 0 fully saturated rings. The highest BCUT2D eigenvalue weighted by molar-refractivity contribution is 5.92. The number of carbonyl (C=O) groups is 3. The van der Waals surface area contributed by atoms with Crippen LogP contribution in [-0.4, -0.2) is 42.8 Å². The highest BCUT2D eigenvalue weighted by Gasteiger charge is 2.20. The summed E-state index contributed by atoms with van der Waals surface area (Å²) >= 11 is 0. The number of ketones is 1. The van der Waals surface area contributed by atoms with Crippen molar-refractivity contribution < 1.29 is 14.4 Å². The molecule has 3 N–H and O–H groups in total. The number of hydrogen-bond donors (Lipinski definition) is 3. The Bertz CT molecular complexity index is 304. The van der Waals surface area contributed by atoms with Gasteiger partial charge >= 0.3 is 0 Å². The highest BCUT2D eigenvalue weighted by atomic mass is 16.2. The first-order chi connectivity index (χ1) is 7.79. The fourth-order valence-corrected chi connectivity index (χ4v) is 0.975. The molecule has 0 aliphatic rings. The highest BCUT2D eigenvalue weighted by Crippen LogP contribution is 1.90. The van der Waals surface area contributed by atoms with Gasteiger partial charge in [-0.05, 0) is 34.7 Å². The lowest BCUT2D eigenvalue weighted by atomic mass is 10.2. The summed E-state index contributed by atoms with van der Waals surface area (Å²) in [5.74, 6) is -0.754. The molecule has 98 valence electrons. The van der Waals surface area contributed by atoms with E-state index in [1.807, 2.05) is 0 Å². The molecule has 0 aliphatic carbocycles. The largest absolute Gasteiger partial charge is 0.345 e. The summed E-state index contributed by atoms with van der Waals surface area (Å²) in [5.41, 5.74) is 0. The van der Waals surface area contributed by atoms with Gasteiger partial charge in [-0.1, -0.05) is 0 Å². The molecule has 2 amide bonds. The number of rotatable bonds is 6.